The maximum Gasteiger partial charge on any atom is -0.0389 e. The summed E-state index contributed by atoms with van der Waals surface area (Å²) in [6.45, 7) is 4.71. The minimum absolute atomic E-state index is 1.03. The van der Waals surface area contributed by atoms with Gasteiger partial charge in [-0.3, -0.25) is 0 Å². The average Bonchev–Trinajstić information content (AvgIpc) is 2.18. The van der Waals surface area contributed by atoms with Gasteiger partial charge in [-0.15, -0.1) is 0 Å². The SMILES string of the molecule is CCC[C@@H]1CCC[C@@H]1C. The van der Waals surface area contributed by atoms with Crippen LogP contribution < -0.4 is 0 Å². The summed E-state index contributed by atoms with van der Waals surface area (Å²) in [7, 11) is 0. The molecular weight excluding hydrogens is 108 g/mol. The highest BCUT2D eigenvalue weighted by Crippen LogP contribution is 2.33. The van der Waals surface area contributed by atoms with E-state index in [0.717, 1.165) is 11.8 Å². The highest BCUT2D eigenvalue weighted by atomic mass is 14.3. The van der Waals surface area contributed by atoms with Crippen LogP contribution in [0.4, 0.5) is 0 Å². The van der Waals surface area contributed by atoms with Gasteiger partial charge < -0.3 is 0 Å². The van der Waals surface area contributed by atoms with Gasteiger partial charge in [-0.1, -0.05) is 46.0 Å². The Morgan fingerprint density at radius 3 is 2.56 bits per heavy atom. The van der Waals surface area contributed by atoms with Crippen molar-refractivity contribution >= 4 is 0 Å². The molecule has 54 valence electrons. The molecule has 0 aliphatic heterocycles. The molecule has 0 radical (unpaired) electrons. The summed E-state index contributed by atoms with van der Waals surface area (Å²) in [4.78, 5) is 0. The first kappa shape index (κ1) is 7.11. The van der Waals surface area contributed by atoms with Crippen molar-refractivity contribution in [1.29, 1.82) is 0 Å². The Balaban J connectivity index is 2.22. The summed E-state index contributed by atoms with van der Waals surface area (Å²) >= 11 is 0. The van der Waals surface area contributed by atoms with Crippen molar-refractivity contribution in [2.75, 3.05) is 0 Å². The Bertz CT molecular complexity index is 76.1. The van der Waals surface area contributed by atoms with Gasteiger partial charge in [-0.05, 0) is 11.8 Å². The molecule has 0 nitrogen and oxygen atoms in total. The largest absolute Gasteiger partial charge is 0.0654 e. The van der Waals surface area contributed by atoms with E-state index in [1.807, 2.05) is 0 Å². The van der Waals surface area contributed by atoms with Crippen LogP contribution in [0, 0.1) is 11.8 Å². The second-order valence-corrected chi connectivity index (χ2v) is 3.46. The van der Waals surface area contributed by atoms with Crippen LogP contribution in [0.2, 0.25) is 0 Å². The van der Waals surface area contributed by atoms with E-state index < -0.39 is 0 Å². The number of hydrogen-bond acceptors (Lipinski definition) is 0. The molecule has 0 spiro atoms. The minimum Gasteiger partial charge on any atom is -0.0654 e. The van der Waals surface area contributed by atoms with Crippen LogP contribution in [0.15, 0.2) is 0 Å². The van der Waals surface area contributed by atoms with Gasteiger partial charge in [0.05, 0.1) is 0 Å². The van der Waals surface area contributed by atoms with E-state index in [2.05, 4.69) is 13.8 Å². The van der Waals surface area contributed by atoms with Gasteiger partial charge in [0.2, 0.25) is 0 Å². The Morgan fingerprint density at radius 1 is 1.33 bits per heavy atom. The maximum absolute atomic E-state index is 2.41. The first-order valence-corrected chi connectivity index (χ1v) is 4.34. The van der Waals surface area contributed by atoms with Crippen molar-refractivity contribution in [3.05, 3.63) is 0 Å². The summed E-state index contributed by atoms with van der Waals surface area (Å²) in [6, 6.07) is 0. The lowest BCUT2D eigenvalue weighted by Crippen LogP contribution is -2.02. The van der Waals surface area contributed by atoms with Crippen molar-refractivity contribution in [3.8, 4) is 0 Å². The standard InChI is InChI=1S/C9H18/c1-3-5-9-7-4-6-8(9)2/h8-9H,3-7H2,1-2H3/t8-,9+/m0/s1. The molecule has 0 aromatic carbocycles. The third-order valence-corrected chi connectivity index (χ3v) is 2.70. The predicted molar refractivity (Wildman–Crippen MR) is 41.4 cm³/mol. The van der Waals surface area contributed by atoms with Crippen LogP contribution in [0.1, 0.15) is 46.0 Å². The van der Waals surface area contributed by atoms with Crippen molar-refractivity contribution in [1.82, 2.24) is 0 Å². The van der Waals surface area contributed by atoms with Gasteiger partial charge in [0.1, 0.15) is 0 Å². The van der Waals surface area contributed by atoms with Gasteiger partial charge >= 0.3 is 0 Å². The molecule has 1 aliphatic rings. The molecular formula is C9H18. The molecule has 1 rings (SSSR count). The normalized spacial score (nSPS) is 35.3. The molecule has 0 unspecified atom stereocenters. The molecule has 0 heterocycles. The Kier molecular flexibility index (Phi) is 2.56. The van der Waals surface area contributed by atoms with Gasteiger partial charge in [-0.2, -0.15) is 0 Å². The van der Waals surface area contributed by atoms with Crippen molar-refractivity contribution in [2.24, 2.45) is 11.8 Å². The predicted octanol–water partition coefficient (Wildman–Crippen LogP) is 3.22. The van der Waals surface area contributed by atoms with Crippen LogP contribution in [0.5, 0.6) is 0 Å². The van der Waals surface area contributed by atoms with Gasteiger partial charge in [0.25, 0.3) is 0 Å². The Hall–Kier alpha value is 0. The zero-order chi connectivity index (χ0) is 6.69. The van der Waals surface area contributed by atoms with Crippen LogP contribution in [0.3, 0.4) is 0 Å². The summed E-state index contributed by atoms with van der Waals surface area (Å²) in [5.41, 5.74) is 0. The molecule has 0 aromatic heterocycles. The monoisotopic (exact) mass is 126 g/mol. The van der Waals surface area contributed by atoms with Crippen LogP contribution in [0.25, 0.3) is 0 Å². The van der Waals surface area contributed by atoms with Crippen molar-refractivity contribution in [2.45, 2.75) is 46.0 Å². The quantitative estimate of drug-likeness (QED) is 0.533. The maximum atomic E-state index is 2.41. The van der Waals surface area contributed by atoms with Gasteiger partial charge in [0, 0.05) is 0 Å². The van der Waals surface area contributed by atoms with Gasteiger partial charge in [0.15, 0.2) is 0 Å². The highest BCUT2D eigenvalue weighted by molar-refractivity contribution is 4.73. The molecule has 2 atom stereocenters. The van der Waals surface area contributed by atoms with E-state index >= 15 is 0 Å². The summed E-state index contributed by atoms with van der Waals surface area (Å²) in [6.07, 6.45) is 7.35. The zero-order valence-electron chi connectivity index (χ0n) is 6.69. The fourth-order valence-electron chi connectivity index (χ4n) is 2.02. The zero-order valence-corrected chi connectivity index (χ0v) is 6.69. The molecule has 0 saturated heterocycles. The van der Waals surface area contributed by atoms with E-state index in [0.29, 0.717) is 0 Å². The number of rotatable bonds is 2. The number of hydrogen-bond donors (Lipinski definition) is 0. The average molecular weight is 126 g/mol. The first-order chi connectivity index (χ1) is 4.34. The molecule has 0 bridgehead atoms. The molecule has 1 aliphatic carbocycles. The summed E-state index contributed by atoms with van der Waals surface area (Å²) < 4.78 is 0. The lowest BCUT2D eigenvalue weighted by Gasteiger charge is -2.12. The van der Waals surface area contributed by atoms with Crippen molar-refractivity contribution in [3.63, 3.8) is 0 Å². The van der Waals surface area contributed by atoms with Gasteiger partial charge in [-0.25, -0.2) is 0 Å². The smallest absolute Gasteiger partial charge is 0.0389 e. The first-order valence-electron chi connectivity index (χ1n) is 4.34. The molecule has 0 amide bonds. The van der Waals surface area contributed by atoms with Crippen LogP contribution in [-0.2, 0) is 0 Å². The van der Waals surface area contributed by atoms with Crippen LogP contribution in [-0.4, -0.2) is 0 Å². The topological polar surface area (TPSA) is 0 Å². The summed E-state index contributed by atoms with van der Waals surface area (Å²) in [5, 5.41) is 0. The fourth-order valence-corrected chi connectivity index (χ4v) is 2.02. The molecule has 0 N–H and O–H groups in total. The fraction of sp³-hybridized carbons (Fsp3) is 1.00. The van der Waals surface area contributed by atoms with E-state index in [9.17, 15) is 0 Å². The summed E-state index contributed by atoms with van der Waals surface area (Å²) in [5.74, 6) is 2.11. The lowest BCUT2D eigenvalue weighted by molar-refractivity contribution is 0.388. The van der Waals surface area contributed by atoms with Crippen molar-refractivity contribution < 1.29 is 0 Å². The van der Waals surface area contributed by atoms with E-state index in [4.69, 9.17) is 0 Å². The van der Waals surface area contributed by atoms with E-state index in [-0.39, 0.29) is 0 Å². The molecule has 9 heavy (non-hydrogen) atoms. The van der Waals surface area contributed by atoms with E-state index in [1.165, 1.54) is 32.1 Å². The second kappa shape index (κ2) is 3.24. The Morgan fingerprint density at radius 2 is 2.11 bits per heavy atom. The third kappa shape index (κ3) is 1.70. The van der Waals surface area contributed by atoms with Crippen LogP contribution >= 0.6 is 0 Å². The molecule has 0 heteroatoms. The second-order valence-electron chi connectivity index (χ2n) is 3.46. The van der Waals surface area contributed by atoms with E-state index in [1.54, 1.807) is 0 Å². The molecule has 1 saturated carbocycles. The minimum atomic E-state index is 1.03. The molecule has 0 aromatic rings. The lowest BCUT2D eigenvalue weighted by atomic mass is 9.94. The Labute approximate surface area is 58.7 Å². The molecule has 1 fully saturated rings. The highest BCUT2D eigenvalue weighted by Gasteiger charge is 2.21. The third-order valence-electron chi connectivity index (χ3n) is 2.70.